The van der Waals surface area contributed by atoms with E-state index in [0.717, 1.165) is 26.3 Å². The Balaban J connectivity index is 2.23. The van der Waals surface area contributed by atoms with E-state index in [4.69, 9.17) is 4.74 Å². The van der Waals surface area contributed by atoms with Crippen molar-refractivity contribution in [1.29, 1.82) is 0 Å². The normalized spacial score (nSPS) is 26.4. The molecule has 3 heteroatoms. The quantitative estimate of drug-likeness (QED) is 0.673. The van der Waals surface area contributed by atoms with Crippen molar-refractivity contribution in [3.8, 4) is 0 Å². The summed E-state index contributed by atoms with van der Waals surface area (Å²) in [4.78, 5) is 2.57. The highest BCUT2D eigenvalue weighted by molar-refractivity contribution is 4.76. The lowest BCUT2D eigenvalue weighted by Crippen LogP contribution is -2.48. The fourth-order valence-electron chi connectivity index (χ4n) is 2.13. The minimum atomic E-state index is 0.591. The Kier molecular flexibility index (Phi) is 5.45. The Morgan fingerprint density at radius 3 is 3.00 bits per heavy atom. The zero-order valence-electron chi connectivity index (χ0n) is 9.75. The standard InChI is InChI=1S/C11H24N2O/c1-10(5-4-6-12-3)13-7-8-14-9-11(13)2/h10-12H,4-9H2,1-3H3. The van der Waals surface area contributed by atoms with Crippen molar-refractivity contribution in [3.63, 3.8) is 0 Å². The third-order valence-corrected chi connectivity index (χ3v) is 3.03. The average Bonchev–Trinajstić information content (AvgIpc) is 2.18. The van der Waals surface area contributed by atoms with Gasteiger partial charge in [0.2, 0.25) is 0 Å². The Labute approximate surface area is 87.8 Å². The van der Waals surface area contributed by atoms with Crippen LogP contribution >= 0.6 is 0 Å². The maximum Gasteiger partial charge on any atom is 0.0619 e. The average molecular weight is 200 g/mol. The molecule has 0 aromatic heterocycles. The lowest BCUT2D eigenvalue weighted by molar-refractivity contribution is -0.0201. The Hall–Kier alpha value is -0.120. The molecular weight excluding hydrogens is 176 g/mol. The van der Waals surface area contributed by atoms with Gasteiger partial charge in [0.1, 0.15) is 0 Å². The Bertz CT molecular complexity index is 152. The number of ether oxygens (including phenoxy) is 1. The van der Waals surface area contributed by atoms with Crippen molar-refractivity contribution < 1.29 is 4.74 Å². The molecule has 0 aromatic carbocycles. The SMILES string of the molecule is CNCCCC(C)N1CCOCC1C. The van der Waals surface area contributed by atoms with Crippen LogP contribution < -0.4 is 5.32 Å². The molecule has 1 fully saturated rings. The largest absolute Gasteiger partial charge is 0.379 e. The Morgan fingerprint density at radius 1 is 1.57 bits per heavy atom. The predicted molar refractivity (Wildman–Crippen MR) is 59.6 cm³/mol. The number of rotatable bonds is 5. The first-order chi connectivity index (χ1) is 6.75. The van der Waals surface area contributed by atoms with E-state index in [9.17, 15) is 0 Å². The van der Waals surface area contributed by atoms with Crippen LogP contribution in [0.1, 0.15) is 26.7 Å². The summed E-state index contributed by atoms with van der Waals surface area (Å²) in [7, 11) is 2.02. The first-order valence-electron chi connectivity index (χ1n) is 5.73. The van der Waals surface area contributed by atoms with Gasteiger partial charge in [-0.15, -0.1) is 0 Å². The summed E-state index contributed by atoms with van der Waals surface area (Å²) in [5, 5.41) is 3.19. The third kappa shape index (κ3) is 3.56. The van der Waals surface area contributed by atoms with E-state index in [-0.39, 0.29) is 0 Å². The van der Waals surface area contributed by atoms with E-state index in [1.807, 2.05) is 7.05 Å². The molecule has 0 aromatic rings. The van der Waals surface area contributed by atoms with E-state index in [1.54, 1.807) is 0 Å². The molecule has 2 unspecified atom stereocenters. The van der Waals surface area contributed by atoms with Gasteiger partial charge in [0.25, 0.3) is 0 Å². The van der Waals surface area contributed by atoms with Crippen LogP contribution in [0.15, 0.2) is 0 Å². The summed E-state index contributed by atoms with van der Waals surface area (Å²) in [6.45, 7) is 8.62. The van der Waals surface area contributed by atoms with E-state index < -0.39 is 0 Å². The summed E-state index contributed by atoms with van der Waals surface area (Å²) in [6, 6.07) is 1.29. The zero-order valence-corrected chi connectivity index (χ0v) is 9.75. The summed E-state index contributed by atoms with van der Waals surface area (Å²) < 4.78 is 5.43. The fourth-order valence-corrected chi connectivity index (χ4v) is 2.13. The van der Waals surface area contributed by atoms with Gasteiger partial charge >= 0.3 is 0 Å². The van der Waals surface area contributed by atoms with Gasteiger partial charge in [-0.25, -0.2) is 0 Å². The van der Waals surface area contributed by atoms with Crippen molar-refractivity contribution in [2.24, 2.45) is 0 Å². The van der Waals surface area contributed by atoms with Crippen molar-refractivity contribution in [2.75, 3.05) is 33.4 Å². The minimum absolute atomic E-state index is 0.591. The van der Waals surface area contributed by atoms with Gasteiger partial charge in [0.05, 0.1) is 13.2 Å². The highest BCUT2D eigenvalue weighted by Gasteiger charge is 2.22. The lowest BCUT2D eigenvalue weighted by atomic mass is 10.1. The fraction of sp³-hybridized carbons (Fsp3) is 1.00. The smallest absolute Gasteiger partial charge is 0.0619 e. The van der Waals surface area contributed by atoms with Crippen LogP contribution in [0.4, 0.5) is 0 Å². The molecule has 84 valence electrons. The molecular formula is C11H24N2O. The van der Waals surface area contributed by atoms with Crippen LogP contribution in [-0.2, 0) is 4.74 Å². The summed E-state index contributed by atoms with van der Waals surface area (Å²) in [5.74, 6) is 0. The van der Waals surface area contributed by atoms with E-state index in [2.05, 4.69) is 24.1 Å². The molecule has 1 aliphatic rings. The van der Waals surface area contributed by atoms with Crippen LogP contribution in [0.25, 0.3) is 0 Å². The van der Waals surface area contributed by atoms with Gasteiger partial charge in [-0.3, -0.25) is 4.90 Å². The molecule has 1 saturated heterocycles. The molecule has 0 saturated carbocycles. The zero-order chi connectivity index (χ0) is 10.4. The topological polar surface area (TPSA) is 24.5 Å². The van der Waals surface area contributed by atoms with E-state index in [0.29, 0.717) is 12.1 Å². The first kappa shape index (κ1) is 12.0. The molecule has 14 heavy (non-hydrogen) atoms. The molecule has 2 atom stereocenters. The highest BCUT2D eigenvalue weighted by Crippen LogP contribution is 2.13. The molecule has 1 rings (SSSR count). The van der Waals surface area contributed by atoms with Gasteiger partial charge in [-0.2, -0.15) is 0 Å². The highest BCUT2D eigenvalue weighted by atomic mass is 16.5. The van der Waals surface area contributed by atoms with Crippen LogP contribution in [0.2, 0.25) is 0 Å². The summed E-state index contributed by atoms with van der Waals surface area (Å²) >= 11 is 0. The van der Waals surface area contributed by atoms with Gasteiger partial charge in [0, 0.05) is 18.6 Å². The molecule has 0 aliphatic carbocycles. The number of nitrogens with one attached hydrogen (secondary N) is 1. The van der Waals surface area contributed by atoms with Crippen LogP contribution in [-0.4, -0.2) is 50.3 Å². The van der Waals surface area contributed by atoms with Crippen LogP contribution in [0.5, 0.6) is 0 Å². The molecule has 0 spiro atoms. The molecule has 1 aliphatic heterocycles. The van der Waals surface area contributed by atoms with Gasteiger partial charge in [0.15, 0.2) is 0 Å². The van der Waals surface area contributed by atoms with Gasteiger partial charge < -0.3 is 10.1 Å². The first-order valence-corrected chi connectivity index (χ1v) is 5.73. The van der Waals surface area contributed by atoms with Gasteiger partial charge in [-0.05, 0) is 40.3 Å². The Morgan fingerprint density at radius 2 is 2.36 bits per heavy atom. The molecule has 1 heterocycles. The molecule has 0 amide bonds. The van der Waals surface area contributed by atoms with Crippen LogP contribution in [0.3, 0.4) is 0 Å². The second kappa shape index (κ2) is 6.38. The van der Waals surface area contributed by atoms with Crippen molar-refractivity contribution in [1.82, 2.24) is 10.2 Å². The van der Waals surface area contributed by atoms with Crippen molar-refractivity contribution >= 4 is 0 Å². The maximum atomic E-state index is 5.43. The van der Waals surface area contributed by atoms with Crippen LogP contribution in [0, 0.1) is 0 Å². The summed E-state index contributed by atoms with van der Waals surface area (Å²) in [5.41, 5.74) is 0. The minimum Gasteiger partial charge on any atom is -0.379 e. The van der Waals surface area contributed by atoms with Crippen molar-refractivity contribution in [2.45, 2.75) is 38.8 Å². The number of hydrogen-bond donors (Lipinski definition) is 1. The third-order valence-electron chi connectivity index (χ3n) is 3.03. The predicted octanol–water partition coefficient (Wildman–Crippen LogP) is 1.10. The second-order valence-corrected chi connectivity index (χ2v) is 4.26. The number of morpholine rings is 1. The van der Waals surface area contributed by atoms with E-state index in [1.165, 1.54) is 12.8 Å². The van der Waals surface area contributed by atoms with Crippen molar-refractivity contribution in [3.05, 3.63) is 0 Å². The number of hydrogen-bond acceptors (Lipinski definition) is 3. The second-order valence-electron chi connectivity index (χ2n) is 4.26. The molecule has 3 nitrogen and oxygen atoms in total. The van der Waals surface area contributed by atoms with Gasteiger partial charge in [-0.1, -0.05) is 0 Å². The number of nitrogens with zero attached hydrogens (tertiary/aromatic N) is 1. The van der Waals surface area contributed by atoms with E-state index >= 15 is 0 Å². The maximum absolute atomic E-state index is 5.43. The molecule has 1 N–H and O–H groups in total. The lowest BCUT2D eigenvalue weighted by Gasteiger charge is -2.38. The molecule has 0 bridgehead atoms. The monoisotopic (exact) mass is 200 g/mol. The molecule has 0 radical (unpaired) electrons. The summed E-state index contributed by atoms with van der Waals surface area (Å²) in [6.07, 6.45) is 2.55.